The van der Waals surface area contributed by atoms with Crippen molar-refractivity contribution in [2.45, 2.75) is 37.8 Å². The van der Waals surface area contributed by atoms with Crippen LogP contribution in [0.25, 0.3) is 0 Å². The Labute approximate surface area is 203 Å². The van der Waals surface area contributed by atoms with E-state index in [1.54, 1.807) is 12.1 Å². The molecular weight excluding hydrogens is 454 g/mol. The predicted octanol–water partition coefficient (Wildman–Crippen LogP) is 2.89. The van der Waals surface area contributed by atoms with Crippen molar-refractivity contribution in [1.82, 2.24) is 10.2 Å². The normalized spacial score (nSPS) is 20.5. The van der Waals surface area contributed by atoms with Crippen molar-refractivity contribution in [3.05, 3.63) is 46.2 Å². The van der Waals surface area contributed by atoms with Crippen LogP contribution in [0.2, 0.25) is 0 Å². The molecule has 2 heterocycles. The lowest BCUT2D eigenvalue weighted by Gasteiger charge is -2.36. The number of piperazine rings is 1. The van der Waals surface area contributed by atoms with Crippen molar-refractivity contribution in [3.63, 3.8) is 0 Å². The first-order valence-corrected chi connectivity index (χ1v) is 12.5. The molecule has 4 rings (SSSR count). The van der Waals surface area contributed by atoms with Gasteiger partial charge in [0.1, 0.15) is 0 Å². The van der Waals surface area contributed by atoms with E-state index in [9.17, 15) is 14.4 Å². The number of nitrogens with one attached hydrogen (secondary N) is 2. The van der Waals surface area contributed by atoms with Gasteiger partial charge in [-0.3, -0.25) is 14.9 Å². The van der Waals surface area contributed by atoms with Crippen LogP contribution in [0, 0.1) is 0 Å². The summed E-state index contributed by atoms with van der Waals surface area (Å²) in [4.78, 5) is 42.2. The van der Waals surface area contributed by atoms with E-state index in [4.69, 9.17) is 10.5 Å². The molecule has 4 N–H and O–H groups in total. The summed E-state index contributed by atoms with van der Waals surface area (Å²) in [7, 11) is 1.30. The number of nitrogens with two attached hydrogens (primary N) is 1. The monoisotopic (exact) mass is 485 g/mol. The van der Waals surface area contributed by atoms with E-state index in [-0.39, 0.29) is 23.9 Å². The van der Waals surface area contributed by atoms with Crippen LogP contribution in [0.3, 0.4) is 0 Å². The van der Waals surface area contributed by atoms with Gasteiger partial charge in [0.25, 0.3) is 11.8 Å². The van der Waals surface area contributed by atoms with Crippen LogP contribution in [-0.2, 0) is 4.74 Å². The highest BCUT2D eigenvalue weighted by molar-refractivity contribution is 7.12. The van der Waals surface area contributed by atoms with Crippen LogP contribution in [0.4, 0.5) is 16.2 Å². The van der Waals surface area contributed by atoms with Crippen molar-refractivity contribution in [1.29, 1.82) is 0 Å². The molecule has 0 atom stereocenters. The van der Waals surface area contributed by atoms with Crippen LogP contribution in [0.15, 0.2) is 35.7 Å². The number of carbonyl (C=O) groups excluding carboxylic acids is 3. The Morgan fingerprint density at radius 2 is 1.79 bits per heavy atom. The molecule has 2 aliphatic rings. The molecule has 0 bridgehead atoms. The van der Waals surface area contributed by atoms with Crippen molar-refractivity contribution >= 4 is 40.6 Å². The van der Waals surface area contributed by atoms with E-state index in [0.29, 0.717) is 37.4 Å². The quantitative estimate of drug-likeness (QED) is 0.600. The number of anilines is 2. The maximum absolute atomic E-state index is 12.9. The van der Waals surface area contributed by atoms with E-state index >= 15 is 0 Å². The first-order valence-electron chi connectivity index (χ1n) is 11.6. The van der Waals surface area contributed by atoms with Gasteiger partial charge in [0.2, 0.25) is 0 Å². The summed E-state index contributed by atoms with van der Waals surface area (Å²) in [5.74, 6) is -0.135. The predicted molar refractivity (Wildman–Crippen MR) is 133 cm³/mol. The first-order chi connectivity index (χ1) is 16.4. The number of methoxy groups -OCH3 is 1. The fraction of sp³-hybridized carbons (Fsp3) is 0.458. The van der Waals surface area contributed by atoms with Gasteiger partial charge in [0, 0.05) is 43.8 Å². The van der Waals surface area contributed by atoms with Gasteiger partial charge in [-0.2, -0.15) is 0 Å². The molecule has 1 saturated carbocycles. The SMILES string of the molecule is COC(=O)Nc1cc(C(=O)NC2CCC(N)CC2)ccc1N1CCN(C(=O)c2cccs2)CC1. The van der Waals surface area contributed by atoms with Crippen LogP contribution in [0.5, 0.6) is 0 Å². The summed E-state index contributed by atoms with van der Waals surface area (Å²) >= 11 is 1.44. The summed E-state index contributed by atoms with van der Waals surface area (Å²) in [5.41, 5.74) is 7.72. The van der Waals surface area contributed by atoms with Gasteiger partial charge in [-0.15, -0.1) is 11.3 Å². The van der Waals surface area contributed by atoms with Gasteiger partial charge in [-0.1, -0.05) is 6.07 Å². The average Bonchev–Trinajstić information content (AvgIpc) is 3.40. The fourth-order valence-corrected chi connectivity index (χ4v) is 5.14. The standard InChI is InChI=1S/C24H31N5O4S/c1-33-24(32)27-19-15-16(22(30)26-18-7-5-17(25)6-8-18)4-9-20(19)28-10-12-29(13-11-28)23(31)21-3-2-14-34-21/h2-4,9,14-15,17-18H,5-8,10-13,25H2,1H3,(H,26,30)(H,27,32). The lowest BCUT2D eigenvalue weighted by molar-refractivity contribution is 0.0751. The smallest absolute Gasteiger partial charge is 0.411 e. The molecule has 9 nitrogen and oxygen atoms in total. The lowest BCUT2D eigenvalue weighted by atomic mass is 9.91. The number of rotatable bonds is 5. The van der Waals surface area contributed by atoms with Crippen LogP contribution in [-0.4, -0.2) is 68.2 Å². The molecule has 2 fully saturated rings. The van der Waals surface area contributed by atoms with Gasteiger partial charge in [-0.25, -0.2) is 4.79 Å². The third kappa shape index (κ3) is 5.68. The molecule has 10 heteroatoms. The molecule has 0 unspecified atom stereocenters. The third-order valence-electron chi connectivity index (χ3n) is 6.43. The Morgan fingerprint density at radius 3 is 2.44 bits per heavy atom. The number of carbonyl (C=O) groups is 3. The summed E-state index contributed by atoms with van der Waals surface area (Å²) in [6.45, 7) is 2.36. The van der Waals surface area contributed by atoms with E-state index in [1.807, 2.05) is 28.5 Å². The molecule has 1 aromatic heterocycles. The second kappa shape index (κ2) is 10.9. The van der Waals surface area contributed by atoms with Gasteiger partial charge < -0.3 is 25.6 Å². The average molecular weight is 486 g/mol. The van der Waals surface area contributed by atoms with Crippen molar-refractivity contribution in [3.8, 4) is 0 Å². The molecule has 0 radical (unpaired) electrons. The Bertz CT molecular complexity index is 1010. The Kier molecular flexibility index (Phi) is 7.69. The zero-order valence-corrected chi connectivity index (χ0v) is 20.1. The number of hydrogen-bond donors (Lipinski definition) is 3. The largest absolute Gasteiger partial charge is 0.453 e. The van der Waals surface area contributed by atoms with Crippen LogP contribution in [0.1, 0.15) is 45.7 Å². The summed E-state index contributed by atoms with van der Waals surface area (Å²) < 4.78 is 4.79. The Balaban J connectivity index is 1.45. The van der Waals surface area contributed by atoms with Gasteiger partial charge in [0.15, 0.2) is 0 Å². The summed E-state index contributed by atoms with van der Waals surface area (Å²) in [6, 6.07) is 9.32. The topological polar surface area (TPSA) is 117 Å². The fourth-order valence-electron chi connectivity index (χ4n) is 4.45. The highest BCUT2D eigenvalue weighted by Crippen LogP contribution is 2.29. The molecular formula is C24H31N5O4S. The van der Waals surface area contributed by atoms with Gasteiger partial charge >= 0.3 is 6.09 Å². The Morgan fingerprint density at radius 1 is 1.06 bits per heavy atom. The number of nitrogens with zero attached hydrogens (tertiary/aromatic N) is 2. The van der Waals surface area contributed by atoms with Crippen molar-refractivity contribution in [2.75, 3.05) is 43.5 Å². The number of ether oxygens (including phenoxy) is 1. The van der Waals surface area contributed by atoms with E-state index in [1.165, 1.54) is 18.4 Å². The minimum absolute atomic E-state index is 0.0400. The maximum Gasteiger partial charge on any atom is 0.411 e. The molecule has 1 aliphatic carbocycles. The minimum Gasteiger partial charge on any atom is -0.453 e. The molecule has 34 heavy (non-hydrogen) atoms. The van der Waals surface area contributed by atoms with Crippen molar-refractivity contribution in [2.24, 2.45) is 5.73 Å². The van der Waals surface area contributed by atoms with Crippen LogP contribution >= 0.6 is 11.3 Å². The molecule has 182 valence electrons. The Hall–Kier alpha value is -3.11. The molecule has 3 amide bonds. The molecule has 1 aliphatic heterocycles. The number of benzene rings is 1. The van der Waals surface area contributed by atoms with E-state index < -0.39 is 6.09 Å². The van der Waals surface area contributed by atoms with Crippen molar-refractivity contribution < 1.29 is 19.1 Å². The third-order valence-corrected chi connectivity index (χ3v) is 7.29. The number of thiophene rings is 1. The second-order valence-corrected chi connectivity index (χ2v) is 9.64. The van der Waals surface area contributed by atoms with Crippen LogP contribution < -0.4 is 21.3 Å². The maximum atomic E-state index is 12.9. The minimum atomic E-state index is -0.605. The zero-order chi connectivity index (χ0) is 24.1. The first kappa shape index (κ1) is 24.0. The molecule has 0 spiro atoms. The highest BCUT2D eigenvalue weighted by Gasteiger charge is 2.26. The van der Waals surface area contributed by atoms with Gasteiger partial charge in [0.05, 0.1) is 23.4 Å². The lowest BCUT2D eigenvalue weighted by Crippen LogP contribution is -2.48. The molecule has 2 aromatic rings. The van der Waals surface area contributed by atoms with E-state index in [0.717, 1.165) is 36.2 Å². The summed E-state index contributed by atoms with van der Waals surface area (Å²) in [6.07, 6.45) is 2.94. The molecule has 1 aromatic carbocycles. The van der Waals surface area contributed by atoms with Gasteiger partial charge in [-0.05, 0) is 55.3 Å². The summed E-state index contributed by atoms with van der Waals surface area (Å²) in [5, 5.41) is 7.72. The molecule has 1 saturated heterocycles. The number of hydrogen-bond acceptors (Lipinski definition) is 7. The van der Waals surface area contributed by atoms with E-state index in [2.05, 4.69) is 15.5 Å². The number of amides is 3. The zero-order valence-electron chi connectivity index (χ0n) is 19.3. The highest BCUT2D eigenvalue weighted by atomic mass is 32.1. The second-order valence-electron chi connectivity index (χ2n) is 8.69.